The van der Waals surface area contributed by atoms with Gasteiger partial charge in [0.1, 0.15) is 7.05 Å². The summed E-state index contributed by atoms with van der Waals surface area (Å²) in [6.45, 7) is 0. The summed E-state index contributed by atoms with van der Waals surface area (Å²) in [6, 6.07) is 14.7. The number of halogens is 1. The molecule has 1 aromatic heterocycles. The van der Waals surface area contributed by atoms with E-state index in [4.69, 9.17) is 0 Å². The molecule has 0 N–H and O–H groups in total. The van der Waals surface area contributed by atoms with Gasteiger partial charge in [-0.25, -0.2) is 4.57 Å². The van der Waals surface area contributed by atoms with E-state index in [1.165, 1.54) is 14.8 Å². The first-order valence-corrected chi connectivity index (χ1v) is 5.56. The van der Waals surface area contributed by atoms with E-state index in [-0.39, 0.29) is 0 Å². The molecular formula is C12H11IN+. The van der Waals surface area contributed by atoms with Crippen LogP contribution in [0.3, 0.4) is 0 Å². The maximum absolute atomic E-state index is 2.37. The Bertz CT molecular complexity index is 408. The molecule has 0 amide bonds. The van der Waals surface area contributed by atoms with Gasteiger partial charge in [-0.15, -0.1) is 0 Å². The van der Waals surface area contributed by atoms with Gasteiger partial charge in [-0.1, -0.05) is 12.1 Å². The Hall–Kier alpha value is -0.900. The molecule has 0 aliphatic carbocycles. The van der Waals surface area contributed by atoms with Gasteiger partial charge >= 0.3 is 0 Å². The molecule has 0 unspecified atom stereocenters. The zero-order chi connectivity index (χ0) is 9.97. The second-order valence-corrected chi connectivity index (χ2v) is 4.34. The Morgan fingerprint density at radius 1 is 1.00 bits per heavy atom. The smallest absolute Gasteiger partial charge is 0.201 e. The number of hydrogen-bond donors (Lipinski definition) is 0. The minimum atomic E-state index is 1.25. The SMILES string of the molecule is C[n+]1ccccc1-c1ccccc1I. The normalized spacial score (nSPS) is 10.1. The van der Waals surface area contributed by atoms with Gasteiger partial charge in [0.15, 0.2) is 6.20 Å². The highest BCUT2D eigenvalue weighted by atomic mass is 127. The quantitative estimate of drug-likeness (QED) is 0.563. The van der Waals surface area contributed by atoms with Crippen molar-refractivity contribution in [1.29, 1.82) is 0 Å². The number of pyridine rings is 1. The van der Waals surface area contributed by atoms with Crippen LogP contribution in [-0.2, 0) is 7.05 Å². The molecule has 1 aromatic carbocycles. The molecule has 70 valence electrons. The van der Waals surface area contributed by atoms with E-state index in [2.05, 4.69) is 76.8 Å². The molecule has 1 nitrogen and oxygen atoms in total. The second kappa shape index (κ2) is 4.09. The second-order valence-electron chi connectivity index (χ2n) is 3.18. The summed E-state index contributed by atoms with van der Waals surface area (Å²) in [7, 11) is 2.07. The van der Waals surface area contributed by atoms with Crippen LogP contribution in [0.25, 0.3) is 11.3 Å². The summed E-state index contributed by atoms with van der Waals surface area (Å²) in [4.78, 5) is 0. The minimum absolute atomic E-state index is 1.25. The predicted molar refractivity (Wildman–Crippen MR) is 65.8 cm³/mol. The van der Waals surface area contributed by atoms with Crippen molar-refractivity contribution in [3.63, 3.8) is 0 Å². The molecule has 0 radical (unpaired) electrons. The highest BCUT2D eigenvalue weighted by Crippen LogP contribution is 2.21. The van der Waals surface area contributed by atoms with Crippen molar-refractivity contribution < 1.29 is 4.57 Å². The first-order chi connectivity index (χ1) is 6.79. The third-order valence-corrected chi connectivity index (χ3v) is 3.15. The topological polar surface area (TPSA) is 3.88 Å². The number of benzene rings is 1. The number of rotatable bonds is 1. The van der Waals surface area contributed by atoms with Crippen LogP contribution in [0.5, 0.6) is 0 Å². The lowest BCUT2D eigenvalue weighted by Crippen LogP contribution is -2.30. The summed E-state index contributed by atoms with van der Waals surface area (Å²) in [6.07, 6.45) is 2.07. The van der Waals surface area contributed by atoms with Crippen LogP contribution in [-0.4, -0.2) is 0 Å². The predicted octanol–water partition coefficient (Wildman–Crippen LogP) is 2.78. The summed E-state index contributed by atoms with van der Waals surface area (Å²) >= 11 is 2.37. The lowest BCUT2D eigenvalue weighted by molar-refractivity contribution is -0.660. The van der Waals surface area contributed by atoms with Crippen molar-refractivity contribution in [2.24, 2.45) is 7.05 Å². The van der Waals surface area contributed by atoms with Gasteiger partial charge in [0, 0.05) is 15.7 Å². The van der Waals surface area contributed by atoms with Gasteiger partial charge in [0.25, 0.3) is 0 Å². The Balaban J connectivity index is 2.61. The minimum Gasteiger partial charge on any atom is -0.201 e. The first kappa shape index (κ1) is 9.65. The Kier molecular flexibility index (Phi) is 2.82. The molecule has 2 aromatic rings. The zero-order valence-electron chi connectivity index (χ0n) is 7.94. The van der Waals surface area contributed by atoms with E-state index in [0.29, 0.717) is 0 Å². The molecular weight excluding hydrogens is 285 g/mol. The van der Waals surface area contributed by atoms with Crippen LogP contribution in [0.4, 0.5) is 0 Å². The van der Waals surface area contributed by atoms with Crippen molar-refractivity contribution in [3.05, 3.63) is 52.2 Å². The lowest BCUT2D eigenvalue weighted by Gasteiger charge is -2.01. The fourth-order valence-corrected chi connectivity index (χ4v) is 2.14. The fraction of sp³-hybridized carbons (Fsp3) is 0.0833. The van der Waals surface area contributed by atoms with Crippen LogP contribution >= 0.6 is 22.6 Å². The Labute approximate surface area is 97.5 Å². The summed E-state index contributed by atoms with van der Waals surface area (Å²) in [5.74, 6) is 0. The lowest BCUT2D eigenvalue weighted by atomic mass is 10.1. The van der Waals surface area contributed by atoms with Crippen molar-refractivity contribution in [2.45, 2.75) is 0 Å². The third kappa shape index (κ3) is 1.80. The molecule has 0 atom stereocenters. The van der Waals surface area contributed by atoms with E-state index in [0.717, 1.165) is 0 Å². The maximum Gasteiger partial charge on any atom is 0.213 e. The molecule has 0 fully saturated rings. The summed E-state index contributed by atoms with van der Waals surface area (Å²) in [5, 5.41) is 0. The molecule has 0 aliphatic heterocycles. The van der Waals surface area contributed by atoms with Gasteiger partial charge in [-0.2, -0.15) is 0 Å². The maximum atomic E-state index is 2.37. The zero-order valence-corrected chi connectivity index (χ0v) is 10.1. The fourth-order valence-electron chi connectivity index (χ4n) is 1.47. The van der Waals surface area contributed by atoms with Gasteiger partial charge in [-0.3, -0.25) is 0 Å². The molecule has 2 heteroatoms. The Morgan fingerprint density at radius 2 is 1.71 bits per heavy atom. The highest BCUT2D eigenvalue weighted by Gasteiger charge is 2.10. The molecule has 0 spiro atoms. The molecule has 2 rings (SSSR count). The van der Waals surface area contributed by atoms with Crippen LogP contribution in [0.2, 0.25) is 0 Å². The van der Waals surface area contributed by atoms with Crippen molar-refractivity contribution in [3.8, 4) is 11.3 Å². The number of aromatic nitrogens is 1. The summed E-state index contributed by atoms with van der Waals surface area (Å²) < 4.78 is 3.42. The third-order valence-electron chi connectivity index (χ3n) is 2.20. The highest BCUT2D eigenvalue weighted by molar-refractivity contribution is 14.1. The largest absolute Gasteiger partial charge is 0.213 e. The average Bonchev–Trinajstić information content (AvgIpc) is 2.20. The van der Waals surface area contributed by atoms with Crippen LogP contribution < -0.4 is 4.57 Å². The van der Waals surface area contributed by atoms with Gasteiger partial charge in [-0.05, 0) is 40.8 Å². The van der Waals surface area contributed by atoms with E-state index in [9.17, 15) is 0 Å². The number of hydrogen-bond acceptors (Lipinski definition) is 0. The van der Waals surface area contributed by atoms with Gasteiger partial charge in [0.05, 0.1) is 5.56 Å². The molecule has 1 heterocycles. The van der Waals surface area contributed by atoms with E-state index in [1.54, 1.807) is 0 Å². The molecule has 0 bridgehead atoms. The number of nitrogens with zero attached hydrogens (tertiary/aromatic N) is 1. The first-order valence-electron chi connectivity index (χ1n) is 4.48. The van der Waals surface area contributed by atoms with Crippen LogP contribution in [0.15, 0.2) is 48.7 Å². The molecule has 0 saturated carbocycles. The standard InChI is InChI=1S/C12H11IN/c1-14-9-5-4-8-12(14)10-6-2-3-7-11(10)13/h2-9H,1H3/q+1. The van der Waals surface area contributed by atoms with Gasteiger partial charge in [0.2, 0.25) is 5.69 Å². The Morgan fingerprint density at radius 3 is 2.43 bits per heavy atom. The monoisotopic (exact) mass is 296 g/mol. The van der Waals surface area contributed by atoms with E-state index >= 15 is 0 Å². The van der Waals surface area contributed by atoms with Gasteiger partial charge < -0.3 is 0 Å². The molecule has 0 aliphatic rings. The van der Waals surface area contributed by atoms with Crippen molar-refractivity contribution in [2.75, 3.05) is 0 Å². The molecule has 0 saturated heterocycles. The average molecular weight is 296 g/mol. The van der Waals surface area contributed by atoms with Crippen molar-refractivity contribution in [1.82, 2.24) is 0 Å². The van der Waals surface area contributed by atoms with Crippen LogP contribution in [0, 0.1) is 3.57 Å². The van der Waals surface area contributed by atoms with Crippen LogP contribution in [0.1, 0.15) is 0 Å². The van der Waals surface area contributed by atoms with E-state index < -0.39 is 0 Å². The van der Waals surface area contributed by atoms with Crippen molar-refractivity contribution >= 4 is 22.6 Å². The summed E-state index contributed by atoms with van der Waals surface area (Å²) in [5.41, 5.74) is 2.54. The number of aryl methyl sites for hydroxylation is 1. The van der Waals surface area contributed by atoms with E-state index in [1.807, 2.05) is 6.07 Å². The molecule has 14 heavy (non-hydrogen) atoms.